The van der Waals surface area contributed by atoms with E-state index in [2.05, 4.69) is 20.4 Å². The van der Waals surface area contributed by atoms with Crippen LogP contribution in [-0.4, -0.2) is 53.9 Å². The van der Waals surface area contributed by atoms with Gasteiger partial charge in [-0.1, -0.05) is 12.1 Å². The second-order valence-corrected chi connectivity index (χ2v) is 7.40. The van der Waals surface area contributed by atoms with E-state index in [1.807, 2.05) is 24.3 Å². The van der Waals surface area contributed by atoms with Gasteiger partial charge in [0.2, 0.25) is 5.91 Å². The summed E-state index contributed by atoms with van der Waals surface area (Å²) in [5.41, 5.74) is 4.31. The summed E-state index contributed by atoms with van der Waals surface area (Å²) in [5.74, 6) is 0.0000912. The largest absolute Gasteiger partial charge is 0.379 e. The van der Waals surface area contributed by atoms with E-state index in [-0.39, 0.29) is 23.9 Å². The predicted octanol–water partition coefficient (Wildman–Crippen LogP) is 2.40. The van der Waals surface area contributed by atoms with Crippen molar-refractivity contribution in [1.82, 2.24) is 15.1 Å². The lowest BCUT2D eigenvalue weighted by Gasteiger charge is -2.26. The first-order valence-corrected chi connectivity index (χ1v) is 10.0. The highest BCUT2D eigenvalue weighted by Gasteiger charge is 2.19. The predicted molar refractivity (Wildman–Crippen MR) is 115 cm³/mol. The Bertz CT molecular complexity index is 909. The molecule has 0 atom stereocenters. The van der Waals surface area contributed by atoms with Crippen LogP contribution in [0.5, 0.6) is 0 Å². The third kappa shape index (κ3) is 5.23. The van der Waals surface area contributed by atoms with Crippen molar-refractivity contribution >= 4 is 24.0 Å². The zero-order chi connectivity index (χ0) is 19.3. The highest BCUT2D eigenvalue weighted by molar-refractivity contribution is 5.91. The summed E-state index contributed by atoms with van der Waals surface area (Å²) >= 11 is 0. The van der Waals surface area contributed by atoms with E-state index in [1.54, 1.807) is 0 Å². The molecule has 8 heteroatoms. The number of fused-ring (bicyclic) bond motifs is 1. The van der Waals surface area contributed by atoms with E-state index < -0.39 is 0 Å². The third-order valence-corrected chi connectivity index (χ3v) is 5.48. The van der Waals surface area contributed by atoms with Crippen LogP contribution in [0.25, 0.3) is 11.3 Å². The maximum Gasteiger partial charge on any atom is 0.267 e. The van der Waals surface area contributed by atoms with Gasteiger partial charge in [0.25, 0.3) is 5.56 Å². The fourth-order valence-electron chi connectivity index (χ4n) is 3.95. The van der Waals surface area contributed by atoms with Gasteiger partial charge in [0.05, 0.1) is 18.9 Å². The fourth-order valence-corrected chi connectivity index (χ4v) is 3.95. The molecule has 1 aliphatic carbocycles. The van der Waals surface area contributed by atoms with Gasteiger partial charge in [-0.25, -0.2) is 5.10 Å². The number of rotatable bonds is 5. The SMILES string of the molecule is Cl.O=C(CCN1CCOCC1)Nc1cccc(-c2n[nH]c(=O)c3c2CCCC3)c1. The zero-order valence-electron chi connectivity index (χ0n) is 16.4. The minimum absolute atomic E-state index is 0. The van der Waals surface area contributed by atoms with Gasteiger partial charge < -0.3 is 10.1 Å². The number of morpholine rings is 1. The van der Waals surface area contributed by atoms with E-state index in [0.29, 0.717) is 6.42 Å². The van der Waals surface area contributed by atoms with Gasteiger partial charge in [-0.2, -0.15) is 5.10 Å². The van der Waals surface area contributed by atoms with E-state index in [4.69, 9.17) is 4.74 Å². The van der Waals surface area contributed by atoms with Crippen molar-refractivity contribution in [3.8, 4) is 11.3 Å². The van der Waals surface area contributed by atoms with Crippen LogP contribution in [-0.2, 0) is 22.4 Å². The summed E-state index contributed by atoms with van der Waals surface area (Å²) in [6, 6.07) is 7.70. The average molecular weight is 419 g/mol. The third-order valence-electron chi connectivity index (χ3n) is 5.48. The van der Waals surface area contributed by atoms with Crippen LogP contribution < -0.4 is 10.9 Å². The Labute approximate surface area is 176 Å². The van der Waals surface area contributed by atoms with Crippen molar-refractivity contribution in [3.05, 3.63) is 45.7 Å². The molecule has 29 heavy (non-hydrogen) atoms. The van der Waals surface area contributed by atoms with E-state index in [1.165, 1.54) is 0 Å². The van der Waals surface area contributed by atoms with Gasteiger partial charge in [-0.05, 0) is 43.4 Å². The first-order valence-electron chi connectivity index (χ1n) is 10.0. The van der Waals surface area contributed by atoms with Gasteiger partial charge in [0, 0.05) is 42.9 Å². The number of hydrogen-bond acceptors (Lipinski definition) is 5. The molecule has 1 aliphatic heterocycles. The molecule has 4 rings (SSSR count). The Morgan fingerprint density at radius 2 is 1.93 bits per heavy atom. The summed E-state index contributed by atoms with van der Waals surface area (Å²) in [6.07, 6.45) is 4.24. The molecular weight excluding hydrogens is 392 g/mol. The van der Waals surface area contributed by atoms with Gasteiger partial charge in [-0.3, -0.25) is 14.5 Å². The van der Waals surface area contributed by atoms with Crippen LogP contribution in [0, 0.1) is 0 Å². The zero-order valence-corrected chi connectivity index (χ0v) is 17.2. The van der Waals surface area contributed by atoms with E-state index in [9.17, 15) is 9.59 Å². The Hall–Kier alpha value is -2.22. The molecule has 1 aromatic carbocycles. The van der Waals surface area contributed by atoms with Crippen molar-refractivity contribution in [3.63, 3.8) is 0 Å². The second-order valence-electron chi connectivity index (χ2n) is 7.40. The summed E-state index contributed by atoms with van der Waals surface area (Å²) in [7, 11) is 0. The summed E-state index contributed by atoms with van der Waals surface area (Å²) in [4.78, 5) is 26.7. The van der Waals surface area contributed by atoms with Crippen LogP contribution in [0.2, 0.25) is 0 Å². The number of hydrogen-bond donors (Lipinski definition) is 2. The average Bonchev–Trinajstić information content (AvgIpc) is 2.74. The first kappa shape index (κ1) is 21.5. The van der Waals surface area contributed by atoms with E-state index in [0.717, 1.165) is 86.6 Å². The van der Waals surface area contributed by atoms with Crippen LogP contribution in [0.1, 0.15) is 30.4 Å². The van der Waals surface area contributed by atoms with Crippen LogP contribution in [0.3, 0.4) is 0 Å². The minimum atomic E-state index is -0.0778. The topological polar surface area (TPSA) is 87.3 Å². The van der Waals surface area contributed by atoms with Crippen LogP contribution >= 0.6 is 12.4 Å². The number of halogens is 1. The van der Waals surface area contributed by atoms with Crippen LogP contribution in [0.4, 0.5) is 5.69 Å². The molecule has 0 bridgehead atoms. The first-order chi connectivity index (χ1) is 13.7. The monoisotopic (exact) mass is 418 g/mol. The van der Waals surface area contributed by atoms with Gasteiger partial charge in [0.15, 0.2) is 0 Å². The molecule has 0 radical (unpaired) electrons. The number of H-pyrrole nitrogens is 1. The number of anilines is 1. The molecular formula is C21H27ClN4O3. The standard InChI is InChI=1S/C21H26N4O3.ClH/c26-19(8-9-25-10-12-28-13-11-25)22-16-5-3-4-15(14-16)20-17-6-1-2-7-18(17)21(27)24-23-20;/h3-5,14H,1-2,6-13H2,(H,22,26)(H,24,27);1H. The number of nitrogens with zero attached hydrogens (tertiary/aromatic N) is 2. The molecule has 2 heterocycles. The Morgan fingerprint density at radius 3 is 2.72 bits per heavy atom. The van der Waals surface area contributed by atoms with Crippen molar-refractivity contribution in [2.75, 3.05) is 38.2 Å². The van der Waals surface area contributed by atoms with Crippen molar-refractivity contribution in [2.24, 2.45) is 0 Å². The van der Waals surface area contributed by atoms with Gasteiger partial charge in [0.1, 0.15) is 0 Å². The summed E-state index contributed by atoms with van der Waals surface area (Å²) < 4.78 is 5.33. The van der Waals surface area contributed by atoms with Crippen molar-refractivity contribution < 1.29 is 9.53 Å². The summed E-state index contributed by atoms with van der Waals surface area (Å²) in [5, 5.41) is 9.93. The van der Waals surface area contributed by atoms with Gasteiger partial charge in [-0.15, -0.1) is 12.4 Å². The highest BCUT2D eigenvalue weighted by Crippen LogP contribution is 2.29. The van der Waals surface area contributed by atoms with Crippen molar-refractivity contribution in [2.45, 2.75) is 32.1 Å². The number of aromatic nitrogens is 2. The van der Waals surface area contributed by atoms with Gasteiger partial charge >= 0.3 is 0 Å². The van der Waals surface area contributed by atoms with E-state index >= 15 is 0 Å². The molecule has 7 nitrogen and oxygen atoms in total. The molecule has 0 saturated carbocycles. The molecule has 156 valence electrons. The lowest BCUT2D eigenvalue weighted by atomic mass is 9.90. The Morgan fingerprint density at radius 1 is 1.17 bits per heavy atom. The normalized spacial score (nSPS) is 16.6. The lowest BCUT2D eigenvalue weighted by molar-refractivity contribution is -0.116. The molecule has 0 unspecified atom stereocenters. The molecule has 2 aromatic rings. The van der Waals surface area contributed by atoms with Crippen LogP contribution in [0.15, 0.2) is 29.1 Å². The Kier molecular flexibility index (Phi) is 7.41. The lowest BCUT2D eigenvalue weighted by Crippen LogP contribution is -2.38. The minimum Gasteiger partial charge on any atom is -0.379 e. The molecule has 2 N–H and O–H groups in total. The maximum absolute atomic E-state index is 12.3. The quantitative estimate of drug-likeness (QED) is 0.778. The maximum atomic E-state index is 12.3. The molecule has 1 amide bonds. The number of nitrogens with one attached hydrogen (secondary N) is 2. The number of benzene rings is 1. The fraction of sp³-hybridized carbons (Fsp3) is 0.476. The number of aromatic amines is 1. The highest BCUT2D eigenvalue weighted by atomic mass is 35.5. The van der Waals surface area contributed by atoms with Crippen molar-refractivity contribution in [1.29, 1.82) is 0 Å². The molecule has 2 aliphatic rings. The number of carbonyl (C=O) groups is 1. The summed E-state index contributed by atoms with van der Waals surface area (Å²) in [6.45, 7) is 3.97. The molecule has 1 saturated heterocycles. The molecule has 0 spiro atoms. The number of ether oxygens (including phenoxy) is 1. The Balaban J connectivity index is 0.00000240. The number of amides is 1. The number of carbonyl (C=O) groups excluding carboxylic acids is 1. The molecule has 1 aromatic heterocycles. The molecule has 1 fully saturated rings. The second kappa shape index (κ2) is 10.0. The smallest absolute Gasteiger partial charge is 0.267 e.